The first-order valence-corrected chi connectivity index (χ1v) is 7.40. The molecular weight excluding hydrogens is 370 g/mol. The SMILES string of the molecule is O=C(NNC(=O)c1ccc(Cl)cc1Cl)c1ccc(Cl)c(Cl)c1. The van der Waals surface area contributed by atoms with Gasteiger partial charge < -0.3 is 0 Å². The van der Waals surface area contributed by atoms with Crippen LogP contribution in [0.25, 0.3) is 0 Å². The van der Waals surface area contributed by atoms with Gasteiger partial charge >= 0.3 is 0 Å². The van der Waals surface area contributed by atoms with Crippen LogP contribution in [-0.2, 0) is 0 Å². The van der Waals surface area contributed by atoms with E-state index in [1.54, 1.807) is 0 Å². The molecule has 0 aromatic heterocycles. The quantitative estimate of drug-likeness (QED) is 0.763. The molecule has 0 aliphatic carbocycles. The Balaban J connectivity index is 2.04. The number of hydrazine groups is 1. The minimum absolute atomic E-state index is 0.175. The lowest BCUT2D eigenvalue weighted by atomic mass is 10.2. The molecule has 0 atom stereocenters. The van der Waals surface area contributed by atoms with Crippen LogP contribution < -0.4 is 10.9 Å². The van der Waals surface area contributed by atoms with E-state index in [9.17, 15) is 9.59 Å². The van der Waals surface area contributed by atoms with Crippen LogP contribution in [0.4, 0.5) is 0 Å². The Morgan fingerprint density at radius 1 is 0.727 bits per heavy atom. The van der Waals surface area contributed by atoms with Crippen molar-refractivity contribution in [3.05, 3.63) is 67.6 Å². The highest BCUT2D eigenvalue weighted by atomic mass is 35.5. The Morgan fingerprint density at radius 3 is 2.05 bits per heavy atom. The second kappa shape index (κ2) is 7.20. The average Bonchev–Trinajstić information content (AvgIpc) is 2.47. The zero-order valence-electron chi connectivity index (χ0n) is 10.8. The molecule has 2 N–H and O–H groups in total. The molecule has 0 radical (unpaired) electrons. The van der Waals surface area contributed by atoms with E-state index in [1.807, 2.05) is 0 Å². The van der Waals surface area contributed by atoms with Crippen molar-refractivity contribution in [2.45, 2.75) is 0 Å². The van der Waals surface area contributed by atoms with Gasteiger partial charge in [0.2, 0.25) is 0 Å². The topological polar surface area (TPSA) is 58.2 Å². The zero-order valence-corrected chi connectivity index (χ0v) is 13.8. The summed E-state index contributed by atoms with van der Waals surface area (Å²) < 4.78 is 0. The van der Waals surface area contributed by atoms with Gasteiger partial charge in [-0.25, -0.2) is 0 Å². The molecule has 0 saturated heterocycles. The Kier molecular flexibility index (Phi) is 5.53. The summed E-state index contributed by atoms with van der Waals surface area (Å²) in [4.78, 5) is 23.8. The number of hydrogen-bond acceptors (Lipinski definition) is 2. The highest BCUT2D eigenvalue weighted by molar-refractivity contribution is 6.42. The molecule has 0 saturated carbocycles. The third-order valence-corrected chi connectivity index (χ3v) is 3.93. The summed E-state index contributed by atoms with van der Waals surface area (Å²) in [7, 11) is 0. The predicted octanol–water partition coefficient (Wildman–Crippen LogP) is 4.38. The highest BCUT2D eigenvalue weighted by Gasteiger charge is 2.13. The molecule has 114 valence electrons. The number of benzene rings is 2. The molecule has 2 aromatic rings. The molecule has 2 aromatic carbocycles. The lowest BCUT2D eigenvalue weighted by molar-refractivity contribution is 0.0847. The smallest absolute Gasteiger partial charge is 0.267 e. The number of carbonyl (C=O) groups excluding carboxylic acids is 2. The maximum atomic E-state index is 11.9. The normalized spacial score (nSPS) is 10.2. The summed E-state index contributed by atoms with van der Waals surface area (Å²) in [6.45, 7) is 0. The van der Waals surface area contributed by atoms with Gasteiger partial charge in [-0.15, -0.1) is 0 Å². The van der Waals surface area contributed by atoms with Gasteiger partial charge in [-0.05, 0) is 36.4 Å². The summed E-state index contributed by atoms with van der Waals surface area (Å²) in [6, 6.07) is 8.75. The van der Waals surface area contributed by atoms with Crippen molar-refractivity contribution in [1.29, 1.82) is 0 Å². The fourth-order valence-corrected chi connectivity index (χ4v) is 2.36. The number of halogens is 4. The molecule has 0 heterocycles. The molecule has 4 nitrogen and oxygen atoms in total. The van der Waals surface area contributed by atoms with Gasteiger partial charge in [-0.2, -0.15) is 0 Å². The van der Waals surface area contributed by atoms with Crippen molar-refractivity contribution in [2.75, 3.05) is 0 Å². The predicted molar refractivity (Wildman–Crippen MR) is 87.9 cm³/mol. The van der Waals surface area contributed by atoms with Gasteiger partial charge in [-0.3, -0.25) is 20.4 Å². The van der Waals surface area contributed by atoms with Crippen LogP contribution in [0, 0.1) is 0 Å². The van der Waals surface area contributed by atoms with E-state index in [-0.39, 0.29) is 21.2 Å². The van der Waals surface area contributed by atoms with Gasteiger partial charge in [0.1, 0.15) is 0 Å². The molecule has 0 fully saturated rings. The average molecular weight is 378 g/mol. The minimum Gasteiger partial charge on any atom is -0.267 e. The monoisotopic (exact) mass is 376 g/mol. The van der Waals surface area contributed by atoms with Crippen LogP contribution in [0.5, 0.6) is 0 Å². The van der Waals surface area contributed by atoms with E-state index in [0.717, 1.165) is 0 Å². The van der Waals surface area contributed by atoms with Crippen molar-refractivity contribution < 1.29 is 9.59 Å². The first kappa shape index (κ1) is 16.9. The Morgan fingerprint density at radius 2 is 1.41 bits per heavy atom. The molecule has 2 rings (SSSR count). The number of amides is 2. The van der Waals surface area contributed by atoms with Crippen molar-refractivity contribution >= 4 is 58.2 Å². The zero-order chi connectivity index (χ0) is 16.3. The summed E-state index contributed by atoms with van der Waals surface area (Å²) in [5, 5.41) is 1.15. The summed E-state index contributed by atoms with van der Waals surface area (Å²) in [6.07, 6.45) is 0. The van der Waals surface area contributed by atoms with Crippen molar-refractivity contribution in [2.24, 2.45) is 0 Å². The van der Waals surface area contributed by atoms with Crippen LogP contribution >= 0.6 is 46.4 Å². The number of hydrogen-bond donors (Lipinski definition) is 2. The number of rotatable bonds is 2. The Bertz CT molecular complexity index is 750. The van der Waals surface area contributed by atoms with Crippen molar-refractivity contribution in [3.8, 4) is 0 Å². The van der Waals surface area contributed by atoms with Crippen LogP contribution in [0.3, 0.4) is 0 Å². The second-order valence-electron chi connectivity index (χ2n) is 4.16. The number of nitrogens with one attached hydrogen (secondary N) is 2. The van der Waals surface area contributed by atoms with E-state index in [2.05, 4.69) is 10.9 Å². The van der Waals surface area contributed by atoms with Crippen LogP contribution in [0.15, 0.2) is 36.4 Å². The molecule has 0 bridgehead atoms. The fourth-order valence-electron chi connectivity index (χ4n) is 1.56. The lowest BCUT2D eigenvalue weighted by Gasteiger charge is -2.09. The van der Waals surface area contributed by atoms with Gasteiger partial charge in [-0.1, -0.05) is 46.4 Å². The van der Waals surface area contributed by atoms with Crippen LogP contribution in [0.2, 0.25) is 20.1 Å². The van der Waals surface area contributed by atoms with E-state index < -0.39 is 11.8 Å². The first-order chi connectivity index (χ1) is 10.4. The van der Waals surface area contributed by atoms with Crippen molar-refractivity contribution in [3.63, 3.8) is 0 Å². The molecule has 8 heteroatoms. The van der Waals surface area contributed by atoms with Crippen LogP contribution in [-0.4, -0.2) is 11.8 Å². The standard InChI is InChI=1S/C14H8Cl4N2O2/c15-8-2-3-9(11(17)6-8)14(22)20-19-13(21)7-1-4-10(16)12(18)5-7/h1-6H,(H,19,21)(H,20,22). The lowest BCUT2D eigenvalue weighted by Crippen LogP contribution is -2.41. The second-order valence-corrected chi connectivity index (χ2v) is 5.82. The Hall–Kier alpha value is -1.46. The van der Waals surface area contributed by atoms with E-state index in [0.29, 0.717) is 10.0 Å². The molecule has 0 aliphatic heterocycles. The van der Waals surface area contributed by atoms with Gasteiger partial charge in [0.25, 0.3) is 11.8 Å². The maximum absolute atomic E-state index is 11.9. The van der Waals surface area contributed by atoms with Gasteiger partial charge in [0.05, 0.1) is 20.6 Å². The third-order valence-electron chi connectivity index (χ3n) is 2.65. The molecule has 2 amide bonds. The molecular formula is C14H8Cl4N2O2. The fraction of sp³-hybridized carbons (Fsp3) is 0. The molecule has 0 spiro atoms. The van der Waals surface area contributed by atoms with Gasteiger partial charge in [0.15, 0.2) is 0 Å². The first-order valence-electron chi connectivity index (χ1n) is 5.89. The van der Waals surface area contributed by atoms with Gasteiger partial charge in [0, 0.05) is 10.6 Å². The van der Waals surface area contributed by atoms with Crippen molar-refractivity contribution in [1.82, 2.24) is 10.9 Å². The Labute approximate surface area is 146 Å². The van der Waals surface area contributed by atoms with E-state index in [1.165, 1.54) is 36.4 Å². The summed E-state index contributed by atoms with van der Waals surface area (Å²) in [5.74, 6) is -1.12. The number of carbonyl (C=O) groups is 2. The highest BCUT2D eigenvalue weighted by Crippen LogP contribution is 2.22. The summed E-state index contributed by atoms with van der Waals surface area (Å²) in [5.41, 5.74) is 4.93. The molecule has 22 heavy (non-hydrogen) atoms. The minimum atomic E-state index is -0.574. The maximum Gasteiger partial charge on any atom is 0.271 e. The summed E-state index contributed by atoms with van der Waals surface area (Å²) >= 11 is 23.2. The third kappa shape index (κ3) is 4.05. The largest absolute Gasteiger partial charge is 0.271 e. The van der Waals surface area contributed by atoms with E-state index in [4.69, 9.17) is 46.4 Å². The van der Waals surface area contributed by atoms with E-state index >= 15 is 0 Å². The van der Waals surface area contributed by atoms with Crippen LogP contribution in [0.1, 0.15) is 20.7 Å². The molecule has 0 aliphatic rings. The molecule has 0 unspecified atom stereocenters.